The highest BCUT2D eigenvalue weighted by Crippen LogP contribution is 2.21. The van der Waals surface area contributed by atoms with Crippen molar-refractivity contribution in [3.63, 3.8) is 0 Å². The summed E-state index contributed by atoms with van der Waals surface area (Å²) in [6, 6.07) is 7.06. The normalized spacial score (nSPS) is 13.6. The van der Waals surface area contributed by atoms with Gasteiger partial charge in [0.05, 0.1) is 12.6 Å². The number of nitrogens with one attached hydrogen (secondary N) is 1. The molecular weight excluding hydrogens is 244 g/mol. The standard InChI is InChI=1S/C13H14N4O2/c14-4-5-16-12(18)8-17-6-3-9-1-2-10(15)7-11(9)13(17)19/h1-2,7H,3,5-6,8,15H2,(H,16,18). The number of nitriles is 1. The molecule has 6 nitrogen and oxygen atoms in total. The van der Waals surface area contributed by atoms with Gasteiger partial charge < -0.3 is 16.0 Å². The third kappa shape index (κ3) is 2.83. The number of nitrogens with two attached hydrogens (primary N) is 1. The first-order valence-corrected chi connectivity index (χ1v) is 5.93. The zero-order chi connectivity index (χ0) is 13.8. The molecule has 0 aromatic heterocycles. The van der Waals surface area contributed by atoms with Crippen LogP contribution in [0.2, 0.25) is 0 Å². The lowest BCUT2D eigenvalue weighted by Gasteiger charge is -2.28. The zero-order valence-electron chi connectivity index (χ0n) is 10.3. The summed E-state index contributed by atoms with van der Waals surface area (Å²) in [4.78, 5) is 25.2. The molecule has 0 fully saturated rings. The molecule has 1 aliphatic rings. The average molecular weight is 258 g/mol. The fourth-order valence-corrected chi connectivity index (χ4v) is 2.06. The van der Waals surface area contributed by atoms with E-state index in [1.807, 2.05) is 12.1 Å². The number of hydrogen-bond acceptors (Lipinski definition) is 4. The highest BCUT2D eigenvalue weighted by Gasteiger charge is 2.25. The van der Waals surface area contributed by atoms with Gasteiger partial charge in [0.25, 0.3) is 5.91 Å². The van der Waals surface area contributed by atoms with Crippen LogP contribution in [0.4, 0.5) is 5.69 Å². The molecule has 19 heavy (non-hydrogen) atoms. The van der Waals surface area contributed by atoms with Crippen molar-refractivity contribution in [2.24, 2.45) is 0 Å². The van der Waals surface area contributed by atoms with Gasteiger partial charge in [0.1, 0.15) is 6.54 Å². The maximum Gasteiger partial charge on any atom is 0.254 e. The first kappa shape index (κ1) is 12.9. The SMILES string of the molecule is N#CCNC(=O)CN1CCc2ccc(N)cc2C1=O. The van der Waals surface area contributed by atoms with Crippen LogP contribution in [0.25, 0.3) is 0 Å². The average Bonchev–Trinajstić information content (AvgIpc) is 2.40. The molecule has 1 aromatic carbocycles. The smallest absolute Gasteiger partial charge is 0.254 e. The molecule has 3 N–H and O–H groups in total. The van der Waals surface area contributed by atoms with Crippen LogP contribution in [0, 0.1) is 11.3 Å². The van der Waals surface area contributed by atoms with Gasteiger partial charge in [-0.05, 0) is 24.1 Å². The molecule has 0 saturated carbocycles. The summed E-state index contributed by atoms with van der Waals surface area (Å²) in [5.74, 6) is -0.525. The van der Waals surface area contributed by atoms with Gasteiger partial charge in [-0.25, -0.2) is 0 Å². The van der Waals surface area contributed by atoms with Crippen LogP contribution in [0.15, 0.2) is 18.2 Å². The highest BCUT2D eigenvalue weighted by atomic mass is 16.2. The first-order valence-electron chi connectivity index (χ1n) is 5.93. The Morgan fingerprint density at radius 3 is 3.05 bits per heavy atom. The molecule has 0 atom stereocenters. The lowest BCUT2D eigenvalue weighted by atomic mass is 9.98. The monoisotopic (exact) mass is 258 g/mol. The summed E-state index contributed by atoms with van der Waals surface area (Å²) in [5, 5.41) is 10.8. The van der Waals surface area contributed by atoms with Gasteiger partial charge in [-0.2, -0.15) is 5.26 Å². The predicted octanol–water partition coefficient (Wildman–Crippen LogP) is -0.0931. The second kappa shape index (κ2) is 5.40. The molecule has 0 radical (unpaired) electrons. The number of amides is 2. The Morgan fingerprint density at radius 2 is 2.32 bits per heavy atom. The van der Waals surface area contributed by atoms with Crippen molar-refractivity contribution in [2.45, 2.75) is 6.42 Å². The summed E-state index contributed by atoms with van der Waals surface area (Å²) in [6.07, 6.45) is 0.701. The number of benzene rings is 1. The van der Waals surface area contributed by atoms with E-state index in [2.05, 4.69) is 5.32 Å². The van der Waals surface area contributed by atoms with E-state index in [9.17, 15) is 9.59 Å². The summed E-state index contributed by atoms with van der Waals surface area (Å²) >= 11 is 0. The third-order valence-electron chi connectivity index (χ3n) is 3.00. The maximum absolute atomic E-state index is 12.2. The number of carbonyl (C=O) groups is 2. The highest BCUT2D eigenvalue weighted by molar-refractivity contribution is 5.99. The summed E-state index contributed by atoms with van der Waals surface area (Å²) < 4.78 is 0. The lowest BCUT2D eigenvalue weighted by Crippen LogP contribution is -2.44. The van der Waals surface area contributed by atoms with E-state index in [1.54, 1.807) is 12.1 Å². The van der Waals surface area contributed by atoms with Gasteiger partial charge in [0.2, 0.25) is 5.91 Å². The first-order chi connectivity index (χ1) is 9.11. The van der Waals surface area contributed by atoms with Gasteiger partial charge in [0, 0.05) is 17.8 Å². The van der Waals surface area contributed by atoms with Crippen LogP contribution >= 0.6 is 0 Å². The molecule has 1 heterocycles. The predicted molar refractivity (Wildman–Crippen MR) is 69.1 cm³/mol. The van der Waals surface area contributed by atoms with Crippen LogP contribution in [-0.2, 0) is 11.2 Å². The molecule has 0 saturated heterocycles. The number of rotatable bonds is 3. The Balaban J connectivity index is 2.09. The van der Waals surface area contributed by atoms with Crippen LogP contribution < -0.4 is 11.1 Å². The minimum absolute atomic E-state index is 0.0330. The fraction of sp³-hybridized carbons (Fsp3) is 0.308. The van der Waals surface area contributed by atoms with Crippen molar-refractivity contribution in [1.29, 1.82) is 5.26 Å². The minimum atomic E-state index is -0.331. The lowest BCUT2D eigenvalue weighted by molar-refractivity contribution is -0.121. The molecule has 2 rings (SSSR count). The van der Waals surface area contributed by atoms with Gasteiger partial charge in [-0.1, -0.05) is 6.07 Å². The summed E-state index contributed by atoms with van der Waals surface area (Å²) in [6.45, 7) is 0.412. The molecule has 6 heteroatoms. The molecule has 1 aromatic rings. The quantitative estimate of drug-likeness (QED) is 0.584. The van der Waals surface area contributed by atoms with E-state index < -0.39 is 0 Å². The van der Waals surface area contributed by atoms with Crippen LogP contribution in [0.5, 0.6) is 0 Å². The third-order valence-corrected chi connectivity index (χ3v) is 3.00. The second-order valence-electron chi connectivity index (χ2n) is 4.33. The van der Waals surface area contributed by atoms with E-state index in [-0.39, 0.29) is 24.9 Å². The van der Waals surface area contributed by atoms with Crippen molar-refractivity contribution in [1.82, 2.24) is 10.2 Å². The topological polar surface area (TPSA) is 99.2 Å². The molecular formula is C13H14N4O2. The Morgan fingerprint density at radius 1 is 1.53 bits per heavy atom. The van der Waals surface area contributed by atoms with Crippen LogP contribution in [0.1, 0.15) is 15.9 Å². The second-order valence-corrected chi connectivity index (χ2v) is 4.33. The number of hydrogen-bond donors (Lipinski definition) is 2. The van der Waals surface area contributed by atoms with Gasteiger partial charge in [0.15, 0.2) is 0 Å². The Bertz CT molecular complexity index is 562. The number of nitrogens with zero attached hydrogens (tertiary/aromatic N) is 2. The van der Waals surface area contributed by atoms with Gasteiger partial charge in [-0.3, -0.25) is 9.59 Å². The molecule has 0 unspecified atom stereocenters. The summed E-state index contributed by atoms with van der Waals surface area (Å²) in [7, 11) is 0. The largest absolute Gasteiger partial charge is 0.399 e. The van der Waals surface area contributed by atoms with Gasteiger partial charge in [-0.15, -0.1) is 0 Å². The molecule has 0 spiro atoms. The van der Waals surface area contributed by atoms with Crippen LogP contribution in [0.3, 0.4) is 0 Å². The zero-order valence-corrected chi connectivity index (χ0v) is 10.3. The number of nitrogen functional groups attached to an aromatic ring is 1. The molecule has 2 amide bonds. The Kier molecular flexibility index (Phi) is 3.66. The fourth-order valence-electron chi connectivity index (χ4n) is 2.06. The summed E-state index contributed by atoms with van der Waals surface area (Å²) in [5.41, 5.74) is 7.71. The Hall–Kier alpha value is -2.55. The van der Waals surface area contributed by atoms with Crippen molar-refractivity contribution >= 4 is 17.5 Å². The van der Waals surface area contributed by atoms with Crippen molar-refractivity contribution in [3.05, 3.63) is 29.3 Å². The van der Waals surface area contributed by atoms with Crippen LogP contribution in [-0.4, -0.2) is 36.3 Å². The number of fused-ring (bicyclic) bond motifs is 1. The van der Waals surface area contributed by atoms with E-state index in [0.29, 0.717) is 24.2 Å². The van der Waals surface area contributed by atoms with Crippen molar-refractivity contribution in [2.75, 3.05) is 25.4 Å². The minimum Gasteiger partial charge on any atom is -0.399 e. The van der Waals surface area contributed by atoms with Crippen molar-refractivity contribution < 1.29 is 9.59 Å². The number of anilines is 1. The molecule has 0 bridgehead atoms. The Labute approximate surface area is 110 Å². The van der Waals surface area contributed by atoms with E-state index >= 15 is 0 Å². The molecule has 1 aliphatic heterocycles. The molecule has 0 aliphatic carbocycles. The van der Waals surface area contributed by atoms with Crippen molar-refractivity contribution in [3.8, 4) is 6.07 Å². The molecule has 98 valence electrons. The number of carbonyl (C=O) groups excluding carboxylic acids is 2. The van der Waals surface area contributed by atoms with E-state index in [0.717, 1.165) is 5.56 Å². The van der Waals surface area contributed by atoms with E-state index in [4.69, 9.17) is 11.0 Å². The van der Waals surface area contributed by atoms with E-state index in [1.165, 1.54) is 4.90 Å². The maximum atomic E-state index is 12.2. The van der Waals surface area contributed by atoms with Gasteiger partial charge >= 0.3 is 0 Å².